The molecule has 0 aliphatic heterocycles. The number of rotatable bonds is 2. The third kappa shape index (κ3) is 2.97. The predicted molar refractivity (Wildman–Crippen MR) is 172 cm³/mol. The molecule has 7 aromatic carbocycles. The van der Waals surface area contributed by atoms with E-state index < -0.39 is 0 Å². The largest absolute Gasteiger partial charge is 0.464 e. The normalized spacial score (nSPS) is 12.0. The third-order valence-electron chi connectivity index (χ3n) is 8.34. The molecule has 2 heterocycles. The molecule has 0 aliphatic carbocycles. The molecule has 2 heteroatoms. The van der Waals surface area contributed by atoms with Gasteiger partial charge in [-0.15, -0.1) is 11.3 Å². The van der Waals surface area contributed by atoms with Crippen LogP contribution in [0.5, 0.6) is 0 Å². The maximum atomic E-state index is 6.28. The SMILES string of the molecule is c1ccc2c(-c3c4ccccc4c(-c4coc5ccc6c7ccccc7sc6c45)c4ccccc34)cccc2c1. The van der Waals surface area contributed by atoms with Gasteiger partial charge in [0.25, 0.3) is 0 Å². The van der Waals surface area contributed by atoms with Crippen molar-refractivity contribution in [3.63, 3.8) is 0 Å². The van der Waals surface area contributed by atoms with Crippen LogP contribution in [0.4, 0.5) is 0 Å². The zero-order valence-corrected chi connectivity index (χ0v) is 22.3. The van der Waals surface area contributed by atoms with Crippen LogP contribution in [-0.4, -0.2) is 0 Å². The minimum absolute atomic E-state index is 0.931. The van der Waals surface area contributed by atoms with Gasteiger partial charge in [-0.25, -0.2) is 0 Å². The van der Waals surface area contributed by atoms with Gasteiger partial charge in [0.1, 0.15) is 5.58 Å². The van der Waals surface area contributed by atoms with Gasteiger partial charge in [-0.3, -0.25) is 0 Å². The van der Waals surface area contributed by atoms with Crippen LogP contribution in [0, 0.1) is 0 Å². The quantitative estimate of drug-likeness (QED) is 0.204. The first kappa shape index (κ1) is 22.0. The Bertz CT molecular complexity index is 2380. The smallest absolute Gasteiger partial charge is 0.135 e. The summed E-state index contributed by atoms with van der Waals surface area (Å²) in [7, 11) is 0. The molecule has 186 valence electrons. The average Bonchev–Trinajstić information content (AvgIpc) is 3.61. The van der Waals surface area contributed by atoms with Gasteiger partial charge in [0.05, 0.1) is 6.26 Å². The number of benzene rings is 7. The molecule has 9 aromatic rings. The first-order valence-electron chi connectivity index (χ1n) is 13.6. The van der Waals surface area contributed by atoms with E-state index in [1.54, 1.807) is 0 Å². The maximum Gasteiger partial charge on any atom is 0.135 e. The van der Waals surface area contributed by atoms with Crippen LogP contribution in [0.15, 0.2) is 138 Å². The van der Waals surface area contributed by atoms with Crippen LogP contribution >= 0.6 is 11.3 Å². The Labute approximate surface area is 234 Å². The van der Waals surface area contributed by atoms with E-state index in [0.29, 0.717) is 0 Å². The molecule has 0 atom stereocenters. The summed E-state index contributed by atoms with van der Waals surface area (Å²) >= 11 is 1.86. The molecule has 0 spiro atoms. The molecule has 40 heavy (non-hydrogen) atoms. The van der Waals surface area contributed by atoms with E-state index in [0.717, 1.165) is 11.1 Å². The van der Waals surface area contributed by atoms with Gasteiger partial charge in [0.15, 0.2) is 0 Å². The fourth-order valence-electron chi connectivity index (χ4n) is 6.64. The Kier molecular flexibility index (Phi) is 4.55. The highest BCUT2D eigenvalue weighted by Gasteiger charge is 2.22. The summed E-state index contributed by atoms with van der Waals surface area (Å²) in [6.07, 6.45) is 1.97. The van der Waals surface area contributed by atoms with E-state index in [9.17, 15) is 0 Å². The number of hydrogen-bond acceptors (Lipinski definition) is 2. The van der Waals surface area contributed by atoms with Gasteiger partial charge in [-0.05, 0) is 61.6 Å². The summed E-state index contributed by atoms with van der Waals surface area (Å²) in [5.41, 5.74) is 5.87. The predicted octanol–water partition coefficient (Wildman–Crippen LogP) is 11.6. The minimum Gasteiger partial charge on any atom is -0.464 e. The van der Waals surface area contributed by atoms with Crippen molar-refractivity contribution in [1.82, 2.24) is 0 Å². The minimum atomic E-state index is 0.931. The highest BCUT2D eigenvalue weighted by Crippen LogP contribution is 2.49. The molecule has 0 saturated carbocycles. The van der Waals surface area contributed by atoms with Crippen molar-refractivity contribution < 1.29 is 4.42 Å². The molecule has 0 radical (unpaired) electrons. The van der Waals surface area contributed by atoms with E-state index in [-0.39, 0.29) is 0 Å². The zero-order chi connectivity index (χ0) is 26.2. The Morgan fingerprint density at radius 2 is 1.00 bits per heavy atom. The molecule has 0 bridgehead atoms. The lowest BCUT2D eigenvalue weighted by atomic mass is 9.84. The second kappa shape index (κ2) is 8.29. The lowest BCUT2D eigenvalue weighted by Crippen LogP contribution is -1.91. The fraction of sp³-hybridized carbons (Fsp3) is 0. The van der Waals surface area contributed by atoms with E-state index >= 15 is 0 Å². The summed E-state index contributed by atoms with van der Waals surface area (Å²) < 4.78 is 8.87. The van der Waals surface area contributed by atoms with Gasteiger partial charge in [-0.1, -0.05) is 109 Å². The average molecular weight is 527 g/mol. The number of furan rings is 1. The fourth-order valence-corrected chi connectivity index (χ4v) is 7.90. The van der Waals surface area contributed by atoms with Gasteiger partial charge in [0.2, 0.25) is 0 Å². The molecular formula is C38H22OS. The van der Waals surface area contributed by atoms with Crippen molar-refractivity contribution in [2.45, 2.75) is 0 Å². The van der Waals surface area contributed by atoms with Crippen molar-refractivity contribution >= 4 is 74.8 Å². The Morgan fingerprint density at radius 1 is 0.425 bits per heavy atom. The van der Waals surface area contributed by atoms with Gasteiger partial charge in [-0.2, -0.15) is 0 Å². The topological polar surface area (TPSA) is 13.1 Å². The summed E-state index contributed by atoms with van der Waals surface area (Å²) in [6, 6.07) is 46.1. The van der Waals surface area contributed by atoms with Crippen molar-refractivity contribution in [3.05, 3.63) is 134 Å². The number of fused-ring (bicyclic) bond motifs is 8. The standard InChI is InChI=1S/C38H22OS/c1-2-12-24-23(10-1)11-9-18-26(24)35-27-14-3-5-16-29(27)36(30-17-6-4-15-28(30)35)32-22-39-33-21-20-31-25-13-7-8-19-34(25)40-38(31)37(32)33/h1-22H. The van der Waals surface area contributed by atoms with Gasteiger partial charge in [0, 0.05) is 36.7 Å². The summed E-state index contributed by atoms with van der Waals surface area (Å²) in [5.74, 6) is 0. The van der Waals surface area contributed by atoms with Crippen LogP contribution in [0.3, 0.4) is 0 Å². The molecular weight excluding hydrogens is 504 g/mol. The summed E-state index contributed by atoms with van der Waals surface area (Å²) in [6.45, 7) is 0. The first-order valence-corrected chi connectivity index (χ1v) is 14.4. The second-order valence-corrected chi connectivity index (χ2v) is 11.5. The van der Waals surface area contributed by atoms with Gasteiger partial charge < -0.3 is 4.42 Å². The molecule has 0 fully saturated rings. The molecule has 0 amide bonds. The Hall–Kier alpha value is -4.92. The number of hydrogen-bond donors (Lipinski definition) is 0. The summed E-state index contributed by atoms with van der Waals surface area (Å²) in [5, 5.41) is 11.3. The van der Waals surface area contributed by atoms with Crippen LogP contribution in [0.1, 0.15) is 0 Å². The molecule has 9 rings (SSSR count). The van der Waals surface area contributed by atoms with Crippen LogP contribution in [0.25, 0.3) is 85.7 Å². The second-order valence-electron chi connectivity index (χ2n) is 10.4. The van der Waals surface area contributed by atoms with E-state index in [2.05, 4.69) is 127 Å². The lowest BCUT2D eigenvalue weighted by Gasteiger charge is -2.18. The van der Waals surface area contributed by atoms with Crippen molar-refractivity contribution in [2.75, 3.05) is 0 Å². The molecule has 2 aromatic heterocycles. The lowest BCUT2D eigenvalue weighted by molar-refractivity contribution is 0.617. The summed E-state index contributed by atoms with van der Waals surface area (Å²) in [4.78, 5) is 0. The first-order chi connectivity index (χ1) is 19.9. The van der Waals surface area contributed by atoms with Crippen molar-refractivity contribution in [1.29, 1.82) is 0 Å². The molecule has 1 nitrogen and oxygen atoms in total. The monoisotopic (exact) mass is 526 g/mol. The van der Waals surface area contributed by atoms with Crippen molar-refractivity contribution in [3.8, 4) is 22.3 Å². The highest BCUT2D eigenvalue weighted by atomic mass is 32.1. The zero-order valence-electron chi connectivity index (χ0n) is 21.5. The van der Waals surface area contributed by atoms with Crippen LogP contribution in [-0.2, 0) is 0 Å². The highest BCUT2D eigenvalue weighted by molar-refractivity contribution is 7.26. The van der Waals surface area contributed by atoms with E-state index in [1.807, 2.05) is 17.6 Å². The van der Waals surface area contributed by atoms with E-state index in [4.69, 9.17) is 4.42 Å². The van der Waals surface area contributed by atoms with E-state index in [1.165, 1.54) is 74.6 Å². The van der Waals surface area contributed by atoms with Crippen LogP contribution in [0.2, 0.25) is 0 Å². The van der Waals surface area contributed by atoms with Crippen molar-refractivity contribution in [2.24, 2.45) is 0 Å². The third-order valence-corrected chi connectivity index (χ3v) is 9.55. The van der Waals surface area contributed by atoms with Crippen LogP contribution < -0.4 is 0 Å². The molecule has 0 unspecified atom stereocenters. The van der Waals surface area contributed by atoms with Gasteiger partial charge >= 0.3 is 0 Å². The molecule has 0 aliphatic rings. The Morgan fingerprint density at radius 3 is 1.73 bits per heavy atom. The molecule has 0 saturated heterocycles. The molecule has 0 N–H and O–H groups in total. The number of thiophene rings is 1. The maximum absolute atomic E-state index is 6.28. The Balaban J connectivity index is 1.47.